The number of aromatic nitrogens is 1. The average molecular weight is 317 g/mol. The first-order chi connectivity index (χ1) is 8.91. The lowest BCUT2D eigenvalue weighted by Gasteiger charge is -2.16. The maximum atomic E-state index is 12.3. The number of rotatable bonds is 4. The molecule has 0 saturated heterocycles. The van der Waals surface area contributed by atoms with Crippen molar-refractivity contribution in [3.8, 4) is 0 Å². The molecule has 2 aromatic heterocycles. The number of halogens is 1. The van der Waals surface area contributed by atoms with Crippen molar-refractivity contribution in [2.75, 3.05) is 7.05 Å². The second kappa shape index (κ2) is 5.58. The Morgan fingerprint density at radius 3 is 2.63 bits per heavy atom. The van der Waals surface area contributed by atoms with Crippen LogP contribution in [0.3, 0.4) is 0 Å². The Morgan fingerprint density at radius 2 is 2.11 bits per heavy atom. The number of aryl methyl sites for hydroxylation is 1. The summed E-state index contributed by atoms with van der Waals surface area (Å²) < 4.78 is 26.0. The Hall–Kier alpha value is -0.950. The summed E-state index contributed by atoms with van der Waals surface area (Å²) >= 11 is 7.21. The molecule has 0 N–H and O–H groups in total. The molecule has 0 fully saturated rings. The molecule has 0 atom stereocenters. The molecule has 0 bridgehead atoms. The largest absolute Gasteiger partial charge is 0.244 e. The minimum Gasteiger partial charge on any atom is -0.243 e. The molecule has 19 heavy (non-hydrogen) atoms. The van der Waals surface area contributed by atoms with Gasteiger partial charge in [-0.1, -0.05) is 11.6 Å². The molecular weight excluding hydrogens is 304 g/mol. The van der Waals surface area contributed by atoms with Gasteiger partial charge in [0.1, 0.15) is 10.0 Å². The molecule has 102 valence electrons. The van der Waals surface area contributed by atoms with Crippen molar-refractivity contribution >= 4 is 33.0 Å². The SMILES string of the molecule is Cc1ccsc1CN(C)S(=O)(=O)c1ccc(Cl)nc1. The van der Waals surface area contributed by atoms with E-state index in [1.165, 1.54) is 22.6 Å². The predicted molar refractivity (Wildman–Crippen MR) is 77.0 cm³/mol. The highest BCUT2D eigenvalue weighted by molar-refractivity contribution is 7.89. The molecule has 0 amide bonds. The molecule has 0 aromatic carbocycles. The van der Waals surface area contributed by atoms with Gasteiger partial charge in [0.25, 0.3) is 0 Å². The number of hydrogen-bond donors (Lipinski definition) is 0. The van der Waals surface area contributed by atoms with Crippen molar-refractivity contribution in [3.05, 3.63) is 45.4 Å². The highest BCUT2D eigenvalue weighted by Crippen LogP contribution is 2.21. The molecule has 0 aliphatic heterocycles. The van der Waals surface area contributed by atoms with Gasteiger partial charge in [0.15, 0.2) is 0 Å². The summed E-state index contributed by atoms with van der Waals surface area (Å²) in [5.41, 5.74) is 1.10. The second-order valence-electron chi connectivity index (χ2n) is 4.10. The van der Waals surface area contributed by atoms with E-state index in [0.29, 0.717) is 6.54 Å². The van der Waals surface area contributed by atoms with Gasteiger partial charge in [-0.25, -0.2) is 13.4 Å². The normalized spacial score (nSPS) is 12.0. The van der Waals surface area contributed by atoms with Crippen molar-refractivity contribution in [2.24, 2.45) is 0 Å². The fourth-order valence-corrected chi connectivity index (χ4v) is 3.79. The lowest BCUT2D eigenvalue weighted by atomic mass is 10.3. The van der Waals surface area contributed by atoms with E-state index in [0.717, 1.165) is 10.4 Å². The Balaban J connectivity index is 2.24. The molecule has 0 spiro atoms. The first-order valence-corrected chi connectivity index (χ1v) is 8.22. The Morgan fingerprint density at radius 1 is 1.37 bits per heavy atom. The topological polar surface area (TPSA) is 50.3 Å². The third kappa shape index (κ3) is 3.14. The number of sulfonamides is 1. The van der Waals surface area contributed by atoms with E-state index < -0.39 is 10.0 Å². The van der Waals surface area contributed by atoms with Gasteiger partial charge in [0.05, 0.1) is 0 Å². The highest BCUT2D eigenvalue weighted by Gasteiger charge is 2.22. The van der Waals surface area contributed by atoms with Crippen LogP contribution in [0.4, 0.5) is 0 Å². The monoisotopic (exact) mass is 316 g/mol. The summed E-state index contributed by atoms with van der Waals surface area (Å²) in [6.45, 7) is 2.32. The lowest BCUT2D eigenvalue weighted by Crippen LogP contribution is -2.26. The molecule has 7 heteroatoms. The molecule has 2 aromatic rings. The van der Waals surface area contributed by atoms with Crippen LogP contribution in [-0.4, -0.2) is 24.8 Å². The van der Waals surface area contributed by atoms with Gasteiger partial charge in [-0.15, -0.1) is 11.3 Å². The number of pyridine rings is 1. The quantitative estimate of drug-likeness (QED) is 0.815. The van der Waals surface area contributed by atoms with Gasteiger partial charge in [-0.3, -0.25) is 0 Å². The van der Waals surface area contributed by atoms with Crippen LogP contribution in [0.1, 0.15) is 10.4 Å². The van der Waals surface area contributed by atoms with Crippen LogP contribution < -0.4 is 0 Å². The van der Waals surface area contributed by atoms with Gasteiger partial charge >= 0.3 is 0 Å². The van der Waals surface area contributed by atoms with Crippen molar-refractivity contribution in [1.29, 1.82) is 0 Å². The van der Waals surface area contributed by atoms with E-state index in [4.69, 9.17) is 11.6 Å². The summed E-state index contributed by atoms with van der Waals surface area (Å²) in [7, 11) is -1.97. The molecular formula is C12H13ClN2O2S2. The van der Waals surface area contributed by atoms with Crippen molar-refractivity contribution < 1.29 is 8.42 Å². The van der Waals surface area contributed by atoms with Crippen LogP contribution in [0.2, 0.25) is 5.15 Å². The molecule has 0 aliphatic rings. The first kappa shape index (κ1) is 14.5. The van der Waals surface area contributed by atoms with Gasteiger partial charge in [-0.2, -0.15) is 4.31 Å². The summed E-state index contributed by atoms with van der Waals surface area (Å²) in [6, 6.07) is 4.91. The zero-order chi connectivity index (χ0) is 14.0. The van der Waals surface area contributed by atoms with Gasteiger partial charge in [-0.05, 0) is 36.1 Å². The van der Waals surface area contributed by atoms with Crippen LogP contribution >= 0.6 is 22.9 Å². The van der Waals surface area contributed by atoms with Crippen molar-refractivity contribution in [2.45, 2.75) is 18.4 Å². The van der Waals surface area contributed by atoms with Crippen molar-refractivity contribution in [3.63, 3.8) is 0 Å². The van der Waals surface area contributed by atoms with Crippen LogP contribution in [0, 0.1) is 6.92 Å². The van der Waals surface area contributed by atoms with Crippen molar-refractivity contribution in [1.82, 2.24) is 9.29 Å². The Kier molecular flexibility index (Phi) is 4.25. The van der Waals surface area contributed by atoms with Gasteiger partial charge < -0.3 is 0 Å². The standard InChI is InChI=1S/C12H13ClN2O2S2/c1-9-5-6-18-11(9)8-15(2)19(16,17)10-3-4-12(13)14-7-10/h3-7H,8H2,1-2H3. The van der Waals surface area contributed by atoms with Gasteiger partial charge in [0.2, 0.25) is 10.0 Å². The van der Waals surface area contributed by atoms with Crippen LogP contribution in [0.25, 0.3) is 0 Å². The first-order valence-electron chi connectivity index (χ1n) is 5.52. The lowest BCUT2D eigenvalue weighted by molar-refractivity contribution is 0.469. The fraction of sp³-hybridized carbons (Fsp3) is 0.250. The number of thiophene rings is 1. The molecule has 0 unspecified atom stereocenters. The zero-order valence-electron chi connectivity index (χ0n) is 10.5. The zero-order valence-corrected chi connectivity index (χ0v) is 12.9. The third-order valence-corrected chi connectivity index (χ3v) is 5.76. The second-order valence-corrected chi connectivity index (χ2v) is 7.54. The molecule has 0 aliphatic carbocycles. The fourth-order valence-electron chi connectivity index (χ4n) is 1.55. The molecule has 2 heterocycles. The minimum atomic E-state index is -3.53. The maximum Gasteiger partial charge on any atom is 0.244 e. The van der Waals surface area contributed by atoms with Crippen LogP contribution in [0.5, 0.6) is 0 Å². The Bertz CT molecular complexity index is 665. The summed E-state index contributed by atoms with van der Waals surface area (Å²) in [6.07, 6.45) is 1.27. The predicted octanol–water partition coefficient (Wildman–Crippen LogP) is 2.93. The number of hydrogen-bond acceptors (Lipinski definition) is 4. The van der Waals surface area contributed by atoms with Crippen LogP contribution in [-0.2, 0) is 16.6 Å². The third-order valence-electron chi connectivity index (χ3n) is 2.74. The molecule has 2 rings (SSSR count). The van der Waals surface area contributed by atoms with Crippen LogP contribution in [0.15, 0.2) is 34.7 Å². The van der Waals surface area contributed by atoms with E-state index >= 15 is 0 Å². The van der Waals surface area contributed by atoms with E-state index in [1.54, 1.807) is 18.4 Å². The average Bonchev–Trinajstić information content (AvgIpc) is 2.75. The van der Waals surface area contributed by atoms with Gasteiger partial charge in [0, 0.05) is 24.7 Å². The molecule has 0 saturated carbocycles. The van der Waals surface area contributed by atoms with E-state index in [1.807, 2.05) is 18.4 Å². The Labute approximate surface area is 121 Å². The maximum absolute atomic E-state index is 12.3. The molecule has 4 nitrogen and oxygen atoms in total. The van der Waals surface area contributed by atoms with E-state index in [9.17, 15) is 8.42 Å². The smallest absolute Gasteiger partial charge is 0.243 e. The summed E-state index contributed by atoms with van der Waals surface area (Å²) in [4.78, 5) is 4.99. The van der Waals surface area contributed by atoms with E-state index in [-0.39, 0.29) is 10.0 Å². The molecule has 0 radical (unpaired) electrons. The highest BCUT2D eigenvalue weighted by atomic mass is 35.5. The van der Waals surface area contributed by atoms with E-state index in [2.05, 4.69) is 4.98 Å². The summed E-state index contributed by atoms with van der Waals surface area (Å²) in [5.74, 6) is 0. The number of nitrogens with zero attached hydrogens (tertiary/aromatic N) is 2. The minimum absolute atomic E-state index is 0.147. The summed E-state index contributed by atoms with van der Waals surface area (Å²) in [5, 5.41) is 2.23.